The maximum atomic E-state index is 10.6. The molecule has 8 nitrogen and oxygen atoms in total. The Kier molecular flexibility index (Phi) is 4.60. The molecule has 0 spiro atoms. The van der Waals surface area contributed by atoms with Crippen molar-refractivity contribution in [3.63, 3.8) is 0 Å². The van der Waals surface area contributed by atoms with Crippen molar-refractivity contribution in [3.05, 3.63) is 66.6 Å². The summed E-state index contributed by atoms with van der Waals surface area (Å²) < 4.78 is 1.88. The molecule has 0 aliphatic carbocycles. The lowest BCUT2D eigenvalue weighted by atomic mass is 10.1. The van der Waals surface area contributed by atoms with Gasteiger partial charge in [0.2, 0.25) is 0 Å². The molecule has 0 aliphatic rings. The van der Waals surface area contributed by atoms with Crippen LogP contribution in [0, 0.1) is 0 Å². The number of rotatable bonds is 4. The highest BCUT2D eigenvalue weighted by Crippen LogP contribution is 2.34. The molecule has 5 N–H and O–H groups in total. The Balaban J connectivity index is 1.57. The van der Waals surface area contributed by atoms with Gasteiger partial charge in [0.05, 0.1) is 16.6 Å². The predicted molar refractivity (Wildman–Crippen MR) is 127 cm³/mol. The largest absolute Gasteiger partial charge is 0.383 e. The number of aromatic nitrogens is 5. The number of anilines is 2. The highest BCUT2D eigenvalue weighted by molar-refractivity contribution is 6.00. The first kappa shape index (κ1) is 20.0. The Labute approximate surface area is 185 Å². The van der Waals surface area contributed by atoms with Crippen molar-refractivity contribution in [2.45, 2.75) is 32.5 Å². The molecule has 0 radical (unpaired) electrons. The minimum absolute atomic E-state index is 0.270. The van der Waals surface area contributed by atoms with Crippen molar-refractivity contribution in [3.8, 4) is 11.3 Å². The summed E-state index contributed by atoms with van der Waals surface area (Å²) in [6, 6.07) is 17.5. The number of aliphatic hydroxyl groups is 1. The van der Waals surface area contributed by atoms with E-state index in [-0.39, 0.29) is 5.54 Å². The summed E-state index contributed by atoms with van der Waals surface area (Å²) in [6.07, 6.45) is 0.602. The van der Waals surface area contributed by atoms with Crippen molar-refractivity contribution in [1.82, 2.24) is 24.7 Å². The van der Waals surface area contributed by atoms with Crippen LogP contribution in [0.1, 0.15) is 32.7 Å². The molecule has 1 atom stereocenters. The minimum atomic E-state index is -0.863. The highest BCUT2D eigenvalue weighted by Gasteiger charge is 2.24. The third kappa shape index (κ3) is 3.44. The quantitative estimate of drug-likeness (QED) is 0.316. The average molecular weight is 428 g/mol. The van der Waals surface area contributed by atoms with E-state index in [4.69, 9.17) is 10.8 Å². The fraction of sp³-hybridized carbons (Fsp3) is 0.208. The predicted octanol–water partition coefficient (Wildman–Crippen LogP) is 4.41. The lowest BCUT2D eigenvalue weighted by Crippen LogP contribution is -2.23. The minimum Gasteiger partial charge on any atom is -0.383 e. The summed E-state index contributed by atoms with van der Waals surface area (Å²) in [5.74, 6) is 0.398. The Bertz CT molecular complexity index is 1410. The second-order valence-corrected chi connectivity index (χ2v) is 8.83. The van der Waals surface area contributed by atoms with Crippen molar-refractivity contribution in [2.75, 3.05) is 11.1 Å². The molecule has 0 saturated carbocycles. The zero-order valence-corrected chi connectivity index (χ0v) is 18.2. The molecule has 2 aromatic carbocycles. The van der Waals surface area contributed by atoms with Crippen LogP contribution in [-0.2, 0) is 5.54 Å². The van der Waals surface area contributed by atoms with E-state index in [9.17, 15) is 5.11 Å². The summed E-state index contributed by atoms with van der Waals surface area (Å²) in [5.41, 5.74) is 10.7. The number of hydrogen-bond donors (Lipinski definition) is 4. The maximum Gasteiger partial charge on any atom is 0.165 e. The monoisotopic (exact) mass is 427 g/mol. The molecular formula is C24H25N7O. The fourth-order valence-corrected chi connectivity index (χ4v) is 3.86. The number of para-hydroxylation sites is 1. The molecule has 0 saturated heterocycles. The number of fused-ring (bicyclic) bond motifs is 2. The van der Waals surface area contributed by atoms with Crippen molar-refractivity contribution >= 4 is 33.4 Å². The fourth-order valence-electron chi connectivity index (χ4n) is 3.86. The van der Waals surface area contributed by atoms with E-state index in [0.717, 1.165) is 33.2 Å². The summed E-state index contributed by atoms with van der Waals surface area (Å²) in [4.78, 5) is 11.9. The van der Waals surface area contributed by atoms with Gasteiger partial charge in [-0.1, -0.05) is 30.3 Å². The van der Waals surface area contributed by atoms with Crippen LogP contribution in [0.5, 0.6) is 0 Å². The van der Waals surface area contributed by atoms with Gasteiger partial charge >= 0.3 is 0 Å². The first-order valence-electron chi connectivity index (χ1n) is 10.4. The van der Waals surface area contributed by atoms with Crippen LogP contribution in [0.25, 0.3) is 33.2 Å². The van der Waals surface area contributed by atoms with Gasteiger partial charge in [-0.05, 0) is 50.4 Å². The Morgan fingerprint density at radius 1 is 1.06 bits per heavy atom. The summed E-state index contributed by atoms with van der Waals surface area (Å²) in [7, 11) is 0. The lowest BCUT2D eigenvalue weighted by Gasteiger charge is -2.19. The molecule has 32 heavy (non-hydrogen) atoms. The zero-order valence-electron chi connectivity index (χ0n) is 18.2. The summed E-state index contributed by atoms with van der Waals surface area (Å²) in [6.45, 7) is 6.22. The van der Waals surface area contributed by atoms with Crippen LogP contribution in [0.15, 0.2) is 60.9 Å². The van der Waals surface area contributed by atoms with Gasteiger partial charge in [-0.15, -0.1) is 0 Å². The molecule has 5 aromatic rings. The third-order valence-corrected chi connectivity index (χ3v) is 5.42. The van der Waals surface area contributed by atoms with Crippen LogP contribution in [-0.4, -0.2) is 29.8 Å². The highest BCUT2D eigenvalue weighted by atomic mass is 16.3. The molecule has 3 heterocycles. The van der Waals surface area contributed by atoms with E-state index in [0.29, 0.717) is 17.2 Å². The number of nitrogens with zero attached hydrogens (tertiary/aromatic N) is 4. The number of nitrogen functional groups attached to an aromatic ring is 1. The van der Waals surface area contributed by atoms with Crippen molar-refractivity contribution in [2.24, 2.45) is 0 Å². The first-order chi connectivity index (χ1) is 15.3. The molecule has 162 valence electrons. The second kappa shape index (κ2) is 7.35. The molecule has 0 bridgehead atoms. The van der Waals surface area contributed by atoms with Crippen LogP contribution < -0.4 is 11.1 Å². The van der Waals surface area contributed by atoms with Gasteiger partial charge in [0.1, 0.15) is 17.8 Å². The molecule has 0 amide bonds. The van der Waals surface area contributed by atoms with E-state index >= 15 is 0 Å². The molecule has 0 fully saturated rings. The van der Waals surface area contributed by atoms with Crippen molar-refractivity contribution < 1.29 is 5.11 Å². The SMILES string of the molecule is CC(C)(C)n1nc(-c2ccc3cc(C(O)Nc4ccccc4)[nH]c3c2)c2c(N)ncnc21. The maximum absolute atomic E-state index is 10.6. The molecule has 3 aromatic heterocycles. The topological polar surface area (TPSA) is 118 Å². The van der Waals surface area contributed by atoms with Crippen molar-refractivity contribution in [1.29, 1.82) is 0 Å². The Hall–Kier alpha value is -3.91. The van der Waals surface area contributed by atoms with Gasteiger partial charge in [0, 0.05) is 16.8 Å². The third-order valence-electron chi connectivity index (χ3n) is 5.42. The van der Waals surface area contributed by atoms with E-state index < -0.39 is 6.23 Å². The summed E-state index contributed by atoms with van der Waals surface area (Å²) >= 11 is 0. The smallest absolute Gasteiger partial charge is 0.165 e. The van der Waals surface area contributed by atoms with Crippen LogP contribution in [0.2, 0.25) is 0 Å². The molecule has 1 unspecified atom stereocenters. The van der Waals surface area contributed by atoms with Crippen LogP contribution >= 0.6 is 0 Å². The van der Waals surface area contributed by atoms with E-state index in [1.807, 2.05) is 59.3 Å². The number of nitrogens with one attached hydrogen (secondary N) is 2. The van der Waals surface area contributed by atoms with Gasteiger partial charge in [-0.2, -0.15) is 5.10 Å². The standard InChI is InChI=1S/C24H25N7O/c1-24(2,3)31-22-19(21(25)26-13-27-22)20(30-31)15-10-9-14-11-18(29-17(14)12-15)23(32)28-16-7-5-4-6-8-16/h4-13,23,28-29,32H,1-3H3,(H2,25,26,27). The van der Waals surface area contributed by atoms with Gasteiger partial charge in [0.25, 0.3) is 0 Å². The molecule has 5 rings (SSSR count). The van der Waals surface area contributed by atoms with Gasteiger partial charge in [-0.3, -0.25) is 0 Å². The Morgan fingerprint density at radius 3 is 2.59 bits per heavy atom. The number of hydrogen-bond acceptors (Lipinski definition) is 6. The first-order valence-corrected chi connectivity index (χ1v) is 10.4. The molecule has 0 aliphatic heterocycles. The van der Waals surface area contributed by atoms with E-state index in [2.05, 4.69) is 41.0 Å². The molecular weight excluding hydrogens is 402 g/mol. The Morgan fingerprint density at radius 2 is 1.84 bits per heavy atom. The number of benzene rings is 2. The lowest BCUT2D eigenvalue weighted by molar-refractivity contribution is 0.204. The molecule has 8 heteroatoms. The zero-order chi connectivity index (χ0) is 22.5. The van der Waals surface area contributed by atoms with Gasteiger partial charge in [0.15, 0.2) is 11.9 Å². The van der Waals surface area contributed by atoms with E-state index in [1.165, 1.54) is 6.33 Å². The number of aliphatic hydroxyl groups excluding tert-OH is 1. The van der Waals surface area contributed by atoms with Gasteiger partial charge in [-0.25, -0.2) is 14.6 Å². The second-order valence-electron chi connectivity index (χ2n) is 8.83. The number of aromatic amines is 1. The average Bonchev–Trinajstić information content (AvgIpc) is 3.36. The van der Waals surface area contributed by atoms with Crippen LogP contribution in [0.3, 0.4) is 0 Å². The number of H-pyrrole nitrogens is 1. The van der Waals surface area contributed by atoms with Gasteiger partial charge < -0.3 is 21.1 Å². The summed E-state index contributed by atoms with van der Waals surface area (Å²) in [5, 5.41) is 20.3. The van der Waals surface area contributed by atoms with Crippen LogP contribution in [0.4, 0.5) is 11.5 Å². The van der Waals surface area contributed by atoms with E-state index in [1.54, 1.807) is 0 Å². The number of nitrogens with two attached hydrogens (primary N) is 1. The normalized spacial score (nSPS) is 13.0.